The normalized spacial score (nSPS) is 10.0. The molecular weight excluding hydrogens is 238 g/mol. The molecule has 0 N–H and O–H groups in total. The van der Waals surface area contributed by atoms with E-state index in [4.69, 9.17) is 16.3 Å². The first kappa shape index (κ1) is 12.0. The van der Waals surface area contributed by atoms with Crippen molar-refractivity contribution in [2.45, 2.75) is 13.5 Å². The molecule has 0 aliphatic heterocycles. The summed E-state index contributed by atoms with van der Waals surface area (Å²) in [5, 5.41) is 1.75. The highest BCUT2D eigenvalue weighted by Gasteiger charge is 2.15. The standard InChI is InChI=1S/C9H10ClNO3S/c1-3-14-8(12)7-5-15-9(13)11(7)4-6(2)10/h5H,2-4H2,1H3. The lowest BCUT2D eigenvalue weighted by Gasteiger charge is -2.05. The van der Waals surface area contributed by atoms with Crippen LogP contribution in [0.1, 0.15) is 17.4 Å². The molecule has 4 nitrogen and oxygen atoms in total. The van der Waals surface area contributed by atoms with Crippen LogP contribution in [0.25, 0.3) is 0 Å². The van der Waals surface area contributed by atoms with Crippen LogP contribution in [0.5, 0.6) is 0 Å². The van der Waals surface area contributed by atoms with E-state index in [0.717, 1.165) is 11.3 Å². The van der Waals surface area contributed by atoms with Crippen molar-refractivity contribution in [1.82, 2.24) is 4.57 Å². The lowest BCUT2D eigenvalue weighted by Crippen LogP contribution is -2.20. The largest absolute Gasteiger partial charge is 0.461 e. The van der Waals surface area contributed by atoms with Crippen LogP contribution >= 0.6 is 22.9 Å². The quantitative estimate of drug-likeness (QED) is 0.763. The van der Waals surface area contributed by atoms with Crippen molar-refractivity contribution >= 4 is 28.9 Å². The summed E-state index contributed by atoms with van der Waals surface area (Å²) in [6.07, 6.45) is 0. The Hall–Kier alpha value is -1.07. The number of carbonyl (C=O) groups excluding carboxylic acids is 1. The molecule has 0 aromatic carbocycles. The van der Waals surface area contributed by atoms with Crippen LogP contribution in [0.4, 0.5) is 0 Å². The van der Waals surface area contributed by atoms with Crippen LogP contribution in [0.15, 0.2) is 21.8 Å². The molecule has 0 bridgehead atoms. The molecule has 82 valence electrons. The third-order valence-corrected chi connectivity index (χ3v) is 2.48. The summed E-state index contributed by atoms with van der Waals surface area (Å²) in [7, 11) is 0. The third kappa shape index (κ3) is 2.94. The van der Waals surface area contributed by atoms with Crippen LogP contribution in [-0.4, -0.2) is 17.1 Å². The summed E-state index contributed by atoms with van der Waals surface area (Å²) in [4.78, 5) is 22.5. The van der Waals surface area contributed by atoms with Crippen molar-refractivity contribution in [2.24, 2.45) is 0 Å². The van der Waals surface area contributed by atoms with E-state index in [-0.39, 0.29) is 23.7 Å². The molecule has 0 amide bonds. The summed E-state index contributed by atoms with van der Waals surface area (Å²) in [5.74, 6) is -0.520. The highest BCUT2D eigenvalue weighted by atomic mass is 35.5. The second-order valence-electron chi connectivity index (χ2n) is 2.71. The maximum atomic E-state index is 11.4. The van der Waals surface area contributed by atoms with Gasteiger partial charge in [0.2, 0.25) is 0 Å². The number of nitrogens with zero attached hydrogens (tertiary/aromatic N) is 1. The predicted molar refractivity (Wildman–Crippen MR) is 59.5 cm³/mol. The van der Waals surface area contributed by atoms with Gasteiger partial charge in [-0.1, -0.05) is 29.5 Å². The number of carbonyl (C=O) groups is 1. The van der Waals surface area contributed by atoms with Crippen molar-refractivity contribution in [3.8, 4) is 0 Å². The molecule has 6 heteroatoms. The zero-order valence-electron chi connectivity index (χ0n) is 8.16. The Morgan fingerprint density at radius 2 is 2.40 bits per heavy atom. The van der Waals surface area contributed by atoms with Crippen LogP contribution in [0.3, 0.4) is 0 Å². The molecule has 0 radical (unpaired) electrons. The Morgan fingerprint density at radius 3 is 2.93 bits per heavy atom. The molecule has 0 saturated heterocycles. The lowest BCUT2D eigenvalue weighted by molar-refractivity contribution is 0.0514. The van der Waals surface area contributed by atoms with Gasteiger partial charge in [0.1, 0.15) is 5.69 Å². The van der Waals surface area contributed by atoms with Crippen LogP contribution < -0.4 is 4.87 Å². The van der Waals surface area contributed by atoms with Gasteiger partial charge in [0.15, 0.2) is 0 Å². The minimum absolute atomic E-state index is 0.123. The average molecular weight is 248 g/mol. The molecule has 0 aliphatic rings. The predicted octanol–water partition coefficient (Wildman–Crippen LogP) is 1.84. The van der Waals surface area contributed by atoms with E-state index in [0.29, 0.717) is 5.03 Å². The van der Waals surface area contributed by atoms with E-state index in [9.17, 15) is 9.59 Å². The van der Waals surface area contributed by atoms with Crippen LogP contribution in [0.2, 0.25) is 0 Å². The molecule has 0 unspecified atom stereocenters. The number of aromatic nitrogens is 1. The molecule has 15 heavy (non-hydrogen) atoms. The molecule has 1 rings (SSSR count). The maximum absolute atomic E-state index is 11.4. The van der Waals surface area contributed by atoms with Gasteiger partial charge in [0, 0.05) is 10.4 Å². The summed E-state index contributed by atoms with van der Waals surface area (Å²) in [6, 6.07) is 0. The van der Waals surface area contributed by atoms with Crippen molar-refractivity contribution in [3.63, 3.8) is 0 Å². The second kappa shape index (κ2) is 5.14. The lowest BCUT2D eigenvalue weighted by atomic mass is 10.4. The summed E-state index contributed by atoms with van der Waals surface area (Å²) in [6.45, 7) is 5.57. The summed E-state index contributed by atoms with van der Waals surface area (Å²) >= 11 is 6.53. The van der Waals surface area contributed by atoms with Gasteiger partial charge in [-0.2, -0.15) is 0 Å². The van der Waals surface area contributed by atoms with E-state index in [1.54, 1.807) is 6.92 Å². The van der Waals surface area contributed by atoms with Crippen molar-refractivity contribution in [1.29, 1.82) is 0 Å². The SMILES string of the molecule is C=C(Cl)Cn1c(C(=O)OCC)csc1=O. The van der Waals surface area contributed by atoms with Crippen LogP contribution in [-0.2, 0) is 11.3 Å². The van der Waals surface area contributed by atoms with Crippen molar-refractivity contribution in [2.75, 3.05) is 6.61 Å². The zero-order valence-corrected chi connectivity index (χ0v) is 9.73. The Labute approximate surface area is 95.7 Å². The zero-order chi connectivity index (χ0) is 11.4. The van der Waals surface area contributed by atoms with Crippen molar-refractivity contribution in [3.05, 3.63) is 32.4 Å². The first-order valence-corrected chi connectivity index (χ1v) is 5.50. The Balaban J connectivity index is 3.03. The van der Waals surface area contributed by atoms with Crippen molar-refractivity contribution < 1.29 is 9.53 Å². The Morgan fingerprint density at radius 1 is 1.73 bits per heavy atom. The summed E-state index contributed by atoms with van der Waals surface area (Å²) < 4.78 is 6.05. The van der Waals surface area contributed by atoms with Gasteiger partial charge in [0.05, 0.1) is 13.2 Å². The molecule has 0 saturated carbocycles. The van der Waals surface area contributed by atoms with Crippen LogP contribution in [0, 0.1) is 0 Å². The van der Waals surface area contributed by atoms with E-state index in [1.165, 1.54) is 9.95 Å². The van der Waals surface area contributed by atoms with Gasteiger partial charge >= 0.3 is 10.8 Å². The first-order valence-electron chi connectivity index (χ1n) is 4.25. The van der Waals surface area contributed by atoms with Gasteiger partial charge in [-0.25, -0.2) is 4.79 Å². The van der Waals surface area contributed by atoms with E-state index < -0.39 is 5.97 Å². The Kier molecular flexibility index (Phi) is 4.11. The third-order valence-electron chi connectivity index (χ3n) is 1.60. The van der Waals surface area contributed by atoms with E-state index in [2.05, 4.69) is 6.58 Å². The summed E-state index contributed by atoms with van der Waals surface area (Å²) in [5.41, 5.74) is 0.216. The smallest absolute Gasteiger partial charge is 0.355 e. The Bertz CT molecular complexity index is 435. The fourth-order valence-electron chi connectivity index (χ4n) is 1.02. The van der Waals surface area contributed by atoms with Gasteiger partial charge in [-0.05, 0) is 6.92 Å². The fraction of sp³-hybridized carbons (Fsp3) is 0.333. The minimum Gasteiger partial charge on any atom is -0.461 e. The minimum atomic E-state index is -0.520. The molecular formula is C9H10ClNO3S. The molecule has 0 atom stereocenters. The molecule has 0 fully saturated rings. The molecule has 0 aliphatic carbocycles. The number of thiazole rings is 1. The molecule has 1 aromatic heterocycles. The average Bonchev–Trinajstić information content (AvgIpc) is 2.48. The highest BCUT2D eigenvalue weighted by Crippen LogP contribution is 2.08. The van der Waals surface area contributed by atoms with Gasteiger partial charge in [-0.3, -0.25) is 9.36 Å². The fourth-order valence-corrected chi connectivity index (χ4v) is 1.86. The number of rotatable bonds is 4. The van der Waals surface area contributed by atoms with E-state index in [1.807, 2.05) is 0 Å². The highest BCUT2D eigenvalue weighted by molar-refractivity contribution is 7.07. The maximum Gasteiger partial charge on any atom is 0.355 e. The second-order valence-corrected chi connectivity index (χ2v) is 4.07. The number of esters is 1. The molecule has 0 spiro atoms. The molecule has 1 heterocycles. The number of halogens is 1. The van der Waals surface area contributed by atoms with Gasteiger partial charge in [-0.15, -0.1) is 0 Å². The number of hydrogen-bond acceptors (Lipinski definition) is 4. The number of ether oxygens (including phenoxy) is 1. The molecule has 1 aromatic rings. The monoisotopic (exact) mass is 247 g/mol. The topological polar surface area (TPSA) is 48.3 Å². The number of hydrogen-bond donors (Lipinski definition) is 0. The van der Waals surface area contributed by atoms with Gasteiger partial charge < -0.3 is 4.74 Å². The number of allylic oxidation sites excluding steroid dienone is 1. The van der Waals surface area contributed by atoms with E-state index >= 15 is 0 Å². The van der Waals surface area contributed by atoms with Gasteiger partial charge in [0.25, 0.3) is 0 Å². The first-order chi connectivity index (χ1) is 7.06.